The molecule has 0 spiro atoms. The minimum atomic E-state index is -4.77. The summed E-state index contributed by atoms with van der Waals surface area (Å²) in [5.74, 6) is -1.03. The zero-order valence-electron chi connectivity index (χ0n) is 5.39. The first-order chi connectivity index (χ1) is 4.83. The third-order valence-corrected chi connectivity index (χ3v) is 0.792. The van der Waals surface area contributed by atoms with Crippen LogP contribution in [0.5, 0.6) is 0 Å². The summed E-state index contributed by atoms with van der Waals surface area (Å²) in [5.41, 5.74) is 9.38. The van der Waals surface area contributed by atoms with Crippen molar-refractivity contribution < 1.29 is 22.7 Å². The number of primary amides is 1. The fourth-order valence-corrected chi connectivity index (χ4v) is 0.266. The Kier molecular flexibility index (Phi) is 3.27. The van der Waals surface area contributed by atoms with Gasteiger partial charge in [-0.1, -0.05) is 0 Å². The molecule has 0 aromatic heterocycles. The number of hydrogen-bond donors (Lipinski definition) is 2. The van der Waals surface area contributed by atoms with Crippen molar-refractivity contribution in [3.05, 3.63) is 0 Å². The molecule has 0 fully saturated rings. The van der Waals surface area contributed by atoms with Crippen molar-refractivity contribution in [2.75, 3.05) is 6.61 Å². The van der Waals surface area contributed by atoms with E-state index in [1.165, 1.54) is 0 Å². The van der Waals surface area contributed by atoms with Gasteiger partial charge in [-0.2, -0.15) is 0 Å². The first-order valence-corrected chi connectivity index (χ1v) is 2.58. The van der Waals surface area contributed by atoms with Gasteiger partial charge in [0.05, 0.1) is 6.61 Å². The lowest BCUT2D eigenvalue weighted by molar-refractivity contribution is -0.324. The maximum Gasteiger partial charge on any atom is 0.522 e. The van der Waals surface area contributed by atoms with Gasteiger partial charge in [-0.15, -0.1) is 13.2 Å². The van der Waals surface area contributed by atoms with Gasteiger partial charge < -0.3 is 11.5 Å². The fourth-order valence-electron chi connectivity index (χ4n) is 0.266. The molecule has 4 N–H and O–H groups in total. The second-order valence-corrected chi connectivity index (χ2v) is 1.77. The molecule has 0 aliphatic rings. The molecule has 0 bridgehead atoms. The van der Waals surface area contributed by atoms with Crippen LogP contribution in [-0.4, -0.2) is 24.9 Å². The number of carbonyl (C=O) groups is 1. The summed E-state index contributed by atoms with van der Waals surface area (Å²) < 4.78 is 37.0. The number of amides is 1. The van der Waals surface area contributed by atoms with Crippen molar-refractivity contribution in [2.24, 2.45) is 11.5 Å². The monoisotopic (exact) mass is 172 g/mol. The van der Waals surface area contributed by atoms with Crippen molar-refractivity contribution in [1.29, 1.82) is 0 Å². The lowest BCUT2D eigenvalue weighted by atomic mass is 10.3. The summed E-state index contributed by atoms with van der Waals surface area (Å²) >= 11 is 0. The number of hydrogen-bond acceptors (Lipinski definition) is 3. The van der Waals surface area contributed by atoms with Crippen LogP contribution in [0.15, 0.2) is 0 Å². The van der Waals surface area contributed by atoms with E-state index in [2.05, 4.69) is 10.5 Å². The highest BCUT2D eigenvalue weighted by Gasteiger charge is 2.30. The minimum absolute atomic E-state index is 0.946. The molecule has 11 heavy (non-hydrogen) atoms. The Morgan fingerprint density at radius 3 is 2.27 bits per heavy atom. The Morgan fingerprint density at radius 1 is 1.55 bits per heavy atom. The van der Waals surface area contributed by atoms with E-state index in [0.717, 1.165) is 0 Å². The van der Waals surface area contributed by atoms with Crippen molar-refractivity contribution in [2.45, 2.75) is 12.4 Å². The number of carbonyl (C=O) groups excluding carboxylic acids is 1. The molecule has 0 radical (unpaired) electrons. The molecule has 0 saturated carbocycles. The van der Waals surface area contributed by atoms with Gasteiger partial charge in [-0.25, -0.2) is 0 Å². The fraction of sp³-hybridized carbons (Fsp3) is 0.750. The molecule has 0 aromatic carbocycles. The number of alkyl halides is 3. The zero-order valence-corrected chi connectivity index (χ0v) is 5.39. The minimum Gasteiger partial charge on any atom is -0.368 e. The van der Waals surface area contributed by atoms with E-state index in [1.807, 2.05) is 0 Å². The van der Waals surface area contributed by atoms with Crippen LogP contribution in [0.2, 0.25) is 0 Å². The molecule has 1 unspecified atom stereocenters. The SMILES string of the molecule is NC(=O)C(N)COC(F)(F)F. The van der Waals surface area contributed by atoms with Gasteiger partial charge in [0.15, 0.2) is 0 Å². The standard InChI is InChI=1S/C4H7F3N2O2/c5-4(6,7)11-1-2(8)3(9)10/h2H,1,8H2,(H2,9,10). The maximum absolute atomic E-state index is 11.2. The average molecular weight is 172 g/mol. The summed E-state index contributed by atoms with van der Waals surface area (Å²) in [6.07, 6.45) is -4.77. The van der Waals surface area contributed by atoms with Crippen molar-refractivity contribution >= 4 is 5.91 Å². The van der Waals surface area contributed by atoms with Gasteiger partial charge in [0.25, 0.3) is 0 Å². The predicted octanol–water partition coefficient (Wildman–Crippen LogP) is -0.665. The van der Waals surface area contributed by atoms with Crippen LogP contribution >= 0.6 is 0 Å². The number of rotatable bonds is 3. The van der Waals surface area contributed by atoms with Crippen LogP contribution in [0.4, 0.5) is 13.2 Å². The third kappa shape index (κ3) is 5.62. The number of nitrogens with two attached hydrogens (primary N) is 2. The lowest BCUT2D eigenvalue weighted by Gasteiger charge is -2.09. The molecular formula is C4H7F3N2O2. The van der Waals surface area contributed by atoms with Gasteiger partial charge in [-0.3, -0.25) is 9.53 Å². The van der Waals surface area contributed by atoms with Crippen LogP contribution < -0.4 is 11.5 Å². The normalized spacial score (nSPS) is 14.5. The summed E-state index contributed by atoms with van der Waals surface area (Å²) in [4.78, 5) is 10.1. The molecule has 7 heteroatoms. The smallest absolute Gasteiger partial charge is 0.368 e. The maximum atomic E-state index is 11.2. The Bertz CT molecular complexity index is 147. The largest absolute Gasteiger partial charge is 0.522 e. The van der Waals surface area contributed by atoms with E-state index in [1.54, 1.807) is 0 Å². The molecule has 0 aliphatic heterocycles. The van der Waals surface area contributed by atoms with Gasteiger partial charge in [-0.05, 0) is 0 Å². The Hall–Kier alpha value is -0.820. The summed E-state index contributed by atoms with van der Waals surface area (Å²) in [5, 5.41) is 0. The van der Waals surface area contributed by atoms with Crippen LogP contribution in [0.1, 0.15) is 0 Å². The van der Waals surface area contributed by atoms with E-state index in [-0.39, 0.29) is 0 Å². The third-order valence-electron chi connectivity index (χ3n) is 0.792. The van der Waals surface area contributed by atoms with Gasteiger partial charge in [0.1, 0.15) is 6.04 Å². The molecular weight excluding hydrogens is 165 g/mol. The van der Waals surface area contributed by atoms with Crippen molar-refractivity contribution in [3.63, 3.8) is 0 Å². The van der Waals surface area contributed by atoms with E-state index in [4.69, 9.17) is 5.73 Å². The molecule has 0 rings (SSSR count). The number of halogens is 3. The summed E-state index contributed by atoms with van der Waals surface area (Å²) in [6, 6.07) is -1.42. The van der Waals surface area contributed by atoms with Crippen molar-refractivity contribution in [3.8, 4) is 0 Å². The van der Waals surface area contributed by atoms with Gasteiger partial charge in [0.2, 0.25) is 5.91 Å². The average Bonchev–Trinajstić information content (AvgIpc) is 1.80. The Labute approximate surface area is 60.3 Å². The molecule has 1 atom stereocenters. The Morgan fingerprint density at radius 2 is 2.00 bits per heavy atom. The molecule has 1 amide bonds. The topological polar surface area (TPSA) is 78.3 Å². The van der Waals surface area contributed by atoms with Crippen LogP contribution in [0.3, 0.4) is 0 Å². The van der Waals surface area contributed by atoms with Crippen LogP contribution in [0.25, 0.3) is 0 Å². The van der Waals surface area contributed by atoms with E-state index >= 15 is 0 Å². The second kappa shape index (κ2) is 3.54. The quantitative estimate of drug-likeness (QED) is 0.592. The Balaban J connectivity index is 3.63. The molecule has 4 nitrogen and oxygen atoms in total. The van der Waals surface area contributed by atoms with Crippen LogP contribution in [0, 0.1) is 0 Å². The van der Waals surface area contributed by atoms with Crippen molar-refractivity contribution in [1.82, 2.24) is 0 Å². The molecule has 0 aliphatic carbocycles. The predicted molar refractivity (Wildman–Crippen MR) is 29.2 cm³/mol. The van der Waals surface area contributed by atoms with Gasteiger partial charge >= 0.3 is 6.36 Å². The molecule has 0 saturated heterocycles. The highest BCUT2D eigenvalue weighted by molar-refractivity contribution is 5.79. The second-order valence-electron chi connectivity index (χ2n) is 1.77. The highest BCUT2D eigenvalue weighted by atomic mass is 19.4. The summed E-state index contributed by atoms with van der Waals surface area (Å²) in [7, 11) is 0. The molecule has 66 valence electrons. The van der Waals surface area contributed by atoms with E-state index in [0.29, 0.717) is 0 Å². The molecule has 0 aromatic rings. The summed E-state index contributed by atoms with van der Waals surface area (Å²) in [6.45, 7) is -0.946. The van der Waals surface area contributed by atoms with Crippen LogP contribution in [-0.2, 0) is 9.53 Å². The zero-order chi connectivity index (χ0) is 9.07. The lowest BCUT2D eigenvalue weighted by Crippen LogP contribution is -2.41. The highest BCUT2D eigenvalue weighted by Crippen LogP contribution is 2.15. The van der Waals surface area contributed by atoms with E-state index < -0.39 is 24.9 Å². The first kappa shape index (κ1) is 10.2. The first-order valence-electron chi connectivity index (χ1n) is 2.58. The molecule has 0 heterocycles. The van der Waals surface area contributed by atoms with E-state index in [9.17, 15) is 18.0 Å². The number of ether oxygens (including phenoxy) is 1. The van der Waals surface area contributed by atoms with Gasteiger partial charge in [0, 0.05) is 0 Å².